The summed E-state index contributed by atoms with van der Waals surface area (Å²) in [6, 6.07) is 8.39. The minimum atomic E-state index is -0.905. The monoisotopic (exact) mass is 335 g/mol. The third-order valence-electron chi connectivity index (χ3n) is 3.46. The summed E-state index contributed by atoms with van der Waals surface area (Å²) in [5.41, 5.74) is 6.93. The summed E-state index contributed by atoms with van der Waals surface area (Å²) in [5.74, 6) is -0.828. The lowest BCUT2D eigenvalue weighted by Gasteiger charge is -2.23. The van der Waals surface area contributed by atoms with Gasteiger partial charge in [0.2, 0.25) is 0 Å². The number of rotatable bonds is 9. The van der Waals surface area contributed by atoms with E-state index in [1.165, 1.54) is 0 Å². The van der Waals surface area contributed by atoms with Gasteiger partial charge in [0.25, 0.3) is 0 Å². The van der Waals surface area contributed by atoms with Gasteiger partial charge in [0.1, 0.15) is 6.04 Å². The normalized spacial score (nSPS) is 13.6. The minimum Gasteiger partial charge on any atom is -0.465 e. The Kier molecular flexibility index (Phi) is 8.47. The van der Waals surface area contributed by atoms with E-state index in [0.717, 1.165) is 5.56 Å². The highest BCUT2D eigenvalue weighted by atomic mass is 16.5. The Bertz CT molecular complexity index is 513. The quantitative estimate of drug-likeness (QED) is 0.702. The Labute approximate surface area is 144 Å². The van der Waals surface area contributed by atoms with Crippen molar-refractivity contribution in [1.29, 1.82) is 0 Å². The predicted molar refractivity (Wildman–Crippen MR) is 93.4 cm³/mol. The number of esters is 2. The van der Waals surface area contributed by atoms with Gasteiger partial charge in [-0.25, -0.2) is 0 Å². The fourth-order valence-electron chi connectivity index (χ4n) is 2.16. The minimum absolute atomic E-state index is 0.0503. The van der Waals surface area contributed by atoms with Crippen LogP contribution < -0.4 is 5.73 Å². The van der Waals surface area contributed by atoms with Crippen LogP contribution in [0.3, 0.4) is 0 Å². The molecule has 2 N–H and O–H groups in total. The SMILES string of the molecule is CC(C)COC(=O)C[C@@H](c1ccccc1)[C@H](N)C(=O)OCC(C)C. The standard InChI is InChI=1S/C19H29NO4/c1-13(2)11-23-17(21)10-16(15-8-6-5-7-9-15)18(20)19(22)24-12-14(3)4/h5-9,13-14,16,18H,10-12,20H2,1-4H3/t16-,18-/m0/s1. The number of nitrogens with two attached hydrogens (primary N) is 1. The topological polar surface area (TPSA) is 78.6 Å². The molecule has 0 saturated heterocycles. The van der Waals surface area contributed by atoms with Gasteiger partial charge < -0.3 is 15.2 Å². The molecule has 0 aromatic heterocycles. The molecule has 1 aromatic rings. The van der Waals surface area contributed by atoms with E-state index in [1.807, 2.05) is 58.0 Å². The molecule has 1 rings (SSSR count). The van der Waals surface area contributed by atoms with Crippen molar-refractivity contribution in [3.63, 3.8) is 0 Å². The van der Waals surface area contributed by atoms with E-state index in [4.69, 9.17) is 15.2 Å². The number of carbonyl (C=O) groups is 2. The van der Waals surface area contributed by atoms with E-state index >= 15 is 0 Å². The number of hydrogen-bond donors (Lipinski definition) is 1. The fourth-order valence-corrected chi connectivity index (χ4v) is 2.16. The van der Waals surface area contributed by atoms with Crippen LogP contribution in [0.15, 0.2) is 30.3 Å². The first-order valence-corrected chi connectivity index (χ1v) is 8.44. The molecule has 2 atom stereocenters. The molecule has 1 aromatic carbocycles. The van der Waals surface area contributed by atoms with Crippen LogP contribution in [-0.2, 0) is 19.1 Å². The first-order valence-electron chi connectivity index (χ1n) is 8.44. The number of ether oxygens (including phenoxy) is 2. The van der Waals surface area contributed by atoms with E-state index in [0.29, 0.717) is 13.2 Å². The van der Waals surface area contributed by atoms with Crippen molar-refractivity contribution in [3.05, 3.63) is 35.9 Å². The zero-order valence-corrected chi connectivity index (χ0v) is 15.0. The van der Waals surface area contributed by atoms with Crippen LogP contribution in [0.2, 0.25) is 0 Å². The van der Waals surface area contributed by atoms with Crippen molar-refractivity contribution in [2.75, 3.05) is 13.2 Å². The van der Waals surface area contributed by atoms with Crippen molar-refractivity contribution >= 4 is 11.9 Å². The zero-order valence-electron chi connectivity index (χ0n) is 15.0. The molecule has 0 bridgehead atoms. The summed E-state index contributed by atoms with van der Waals surface area (Å²) in [6.45, 7) is 8.51. The van der Waals surface area contributed by atoms with E-state index in [9.17, 15) is 9.59 Å². The summed E-state index contributed by atoms with van der Waals surface area (Å²) < 4.78 is 10.5. The molecule has 0 unspecified atom stereocenters. The number of carbonyl (C=O) groups excluding carboxylic acids is 2. The van der Waals surface area contributed by atoms with Crippen molar-refractivity contribution in [2.45, 2.75) is 46.1 Å². The number of benzene rings is 1. The third-order valence-corrected chi connectivity index (χ3v) is 3.46. The van der Waals surface area contributed by atoms with Crippen LogP contribution in [0.4, 0.5) is 0 Å². The summed E-state index contributed by atoms with van der Waals surface area (Å²) in [4.78, 5) is 24.3. The van der Waals surface area contributed by atoms with Gasteiger partial charge in [0.05, 0.1) is 19.6 Å². The Morgan fingerprint density at radius 3 is 2.04 bits per heavy atom. The molecule has 0 spiro atoms. The molecule has 0 radical (unpaired) electrons. The average Bonchev–Trinajstić information content (AvgIpc) is 2.55. The Hall–Kier alpha value is -1.88. The van der Waals surface area contributed by atoms with Crippen molar-refractivity contribution in [2.24, 2.45) is 17.6 Å². The highest BCUT2D eigenvalue weighted by Crippen LogP contribution is 2.24. The second-order valence-electron chi connectivity index (χ2n) is 6.85. The molecule has 5 nitrogen and oxygen atoms in total. The van der Waals surface area contributed by atoms with Gasteiger partial charge in [-0.15, -0.1) is 0 Å². The lowest BCUT2D eigenvalue weighted by Crippen LogP contribution is -2.39. The second-order valence-corrected chi connectivity index (χ2v) is 6.85. The Morgan fingerprint density at radius 2 is 1.50 bits per heavy atom. The molecular weight excluding hydrogens is 306 g/mol. The van der Waals surface area contributed by atoms with Gasteiger partial charge in [-0.2, -0.15) is 0 Å². The van der Waals surface area contributed by atoms with Crippen molar-refractivity contribution < 1.29 is 19.1 Å². The van der Waals surface area contributed by atoms with E-state index < -0.39 is 17.9 Å². The predicted octanol–water partition coefficient (Wildman–Crippen LogP) is 2.89. The third kappa shape index (κ3) is 7.13. The Balaban J connectivity index is 2.81. The summed E-state index contributed by atoms with van der Waals surface area (Å²) in [5, 5.41) is 0. The largest absolute Gasteiger partial charge is 0.465 e. The van der Waals surface area contributed by atoms with E-state index in [-0.39, 0.29) is 24.2 Å². The average molecular weight is 335 g/mol. The maximum Gasteiger partial charge on any atom is 0.323 e. The molecule has 0 saturated carbocycles. The van der Waals surface area contributed by atoms with Crippen molar-refractivity contribution in [3.8, 4) is 0 Å². The fraction of sp³-hybridized carbons (Fsp3) is 0.579. The Morgan fingerprint density at radius 1 is 0.958 bits per heavy atom. The summed E-state index contributed by atoms with van der Waals surface area (Å²) >= 11 is 0. The van der Waals surface area contributed by atoms with E-state index in [1.54, 1.807) is 0 Å². The van der Waals surface area contributed by atoms with Gasteiger partial charge in [0.15, 0.2) is 0 Å². The first-order chi connectivity index (χ1) is 11.3. The van der Waals surface area contributed by atoms with Crippen LogP contribution in [-0.4, -0.2) is 31.2 Å². The second kappa shape index (κ2) is 10.1. The van der Waals surface area contributed by atoms with Gasteiger partial charge >= 0.3 is 11.9 Å². The molecule has 0 heterocycles. The molecule has 0 aliphatic rings. The highest BCUT2D eigenvalue weighted by Gasteiger charge is 2.30. The molecule has 0 fully saturated rings. The first kappa shape index (κ1) is 20.2. The van der Waals surface area contributed by atoms with Gasteiger partial charge in [-0.05, 0) is 17.4 Å². The summed E-state index contributed by atoms with van der Waals surface area (Å²) in [7, 11) is 0. The van der Waals surface area contributed by atoms with E-state index in [2.05, 4.69) is 0 Å². The molecule has 0 aliphatic heterocycles. The smallest absolute Gasteiger partial charge is 0.323 e. The lowest BCUT2D eigenvalue weighted by atomic mass is 9.89. The van der Waals surface area contributed by atoms with Crippen LogP contribution in [0.5, 0.6) is 0 Å². The lowest BCUT2D eigenvalue weighted by molar-refractivity contribution is -0.148. The van der Waals surface area contributed by atoms with Crippen LogP contribution in [0, 0.1) is 11.8 Å². The van der Waals surface area contributed by atoms with Crippen LogP contribution in [0.1, 0.15) is 45.6 Å². The van der Waals surface area contributed by atoms with Crippen LogP contribution in [0.25, 0.3) is 0 Å². The maximum atomic E-state index is 12.2. The molecule has 0 amide bonds. The zero-order chi connectivity index (χ0) is 18.1. The molecule has 0 aliphatic carbocycles. The van der Waals surface area contributed by atoms with Crippen molar-refractivity contribution in [1.82, 2.24) is 0 Å². The maximum absolute atomic E-state index is 12.2. The molecular formula is C19H29NO4. The molecule has 24 heavy (non-hydrogen) atoms. The molecule has 134 valence electrons. The van der Waals surface area contributed by atoms with Crippen LogP contribution >= 0.6 is 0 Å². The van der Waals surface area contributed by atoms with Gasteiger partial charge in [0, 0.05) is 5.92 Å². The summed E-state index contributed by atoms with van der Waals surface area (Å²) in [6.07, 6.45) is 0.0503. The molecule has 5 heteroatoms. The van der Waals surface area contributed by atoms with Gasteiger partial charge in [-0.1, -0.05) is 58.0 Å². The van der Waals surface area contributed by atoms with Gasteiger partial charge in [-0.3, -0.25) is 9.59 Å². The number of hydrogen-bond acceptors (Lipinski definition) is 5. The highest BCUT2D eigenvalue weighted by molar-refractivity contribution is 5.79.